The van der Waals surface area contributed by atoms with E-state index in [0.29, 0.717) is 30.3 Å². The molecule has 2 aliphatic rings. The highest BCUT2D eigenvalue weighted by atomic mass is 19.3. The number of morpholine rings is 1. The zero-order chi connectivity index (χ0) is 24.5. The van der Waals surface area contributed by atoms with Crippen LogP contribution < -0.4 is 9.64 Å². The van der Waals surface area contributed by atoms with E-state index >= 15 is 0 Å². The molecule has 188 valence electrons. The maximum absolute atomic E-state index is 12.7. The third kappa shape index (κ3) is 4.51. The van der Waals surface area contributed by atoms with Crippen LogP contribution in [0.5, 0.6) is 5.75 Å². The van der Waals surface area contributed by atoms with Gasteiger partial charge in [-0.05, 0) is 31.0 Å². The van der Waals surface area contributed by atoms with Crippen molar-refractivity contribution in [1.29, 1.82) is 0 Å². The molecule has 2 aliphatic heterocycles. The van der Waals surface area contributed by atoms with E-state index in [9.17, 15) is 8.78 Å². The minimum atomic E-state index is -2.88. The largest absolute Gasteiger partial charge is 0.435 e. The number of anilines is 1. The van der Waals surface area contributed by atoms with Gasteiger partial charge in [0.25, 0.3) is 0 Å². The van der Waals surface area contributed by atoms with Gasteiger partial charge < -0.3 is 23.7 Å². The second-order valence-electron chi connectivity index (χ2n) is 8.82. The van der Waals surface area contributed by atoms with Crippen LogP contribution in [0, 0.1) is 0 Å². The Morgan fingerprint density at radius 1 is 1.00 bits per heavy atom. The van der Waals surface area contributed by atoms with Crippen molar-refractivity contribution in [2.45, 2.75) is 25.5 Å². The van der Waals surface area contributed by atoms with Crippen LogP contribution in [0.4, 0.5) is 14.5 Å². The predicted molar refractivity (Wildman–Crippen MR) is 129 cm³/mol. The van der Waals surface area contributed by atoms with Gasteiger partial charge in [0.05, 0.1) is 30.9 Å². The zero-order valence-corrected chi connectivity index (χ0v) is 19.6. The van der Waals surface area contributed by atoms with Gasteiger partial charge in [0.15, 0.2) is 11.5 Å². The number of hydrogen-bond acceptors (Lipinski definition) is 7. The number of nitrogens with zero attached hydrogens (tertiary/aromatic N) is 6. The predicted octanol–water partition coefficient (Wildman–Crippen LogP) is 4.07. The third-order valence-corrected chi connectivity index (χ3v) is 6.61. The average molecular weight is 497 g/mol. The minimum Gasteiger partial charge on any atom is -0.435 e. The van der Waals surface area contributed by atoms with Crippen molar-refractivity contribution in [1.82, 2.24) is 24.3 Å². The first-order valence-electron chi connectivity index (χ1n) is 12.0. The lowest BCUT2D eigenvalue weighted by atomic mass is 10.1. The highest BCUT2D eigenvalue weighted by Gasteiger charge is 2.24. The minimum absolute atomic E-state index is 0.0894. The van der Waals surface area contributed by atoms with Crippen LogP contribution in [-0.4, -0.2) is 70.4 Å². The van der Waals surface area contributed by atoms with Crippen LogP contribution in [0.15, 0.2) is 48.9 Å². The summed E-state index contributed by atoms with van der Waals surface area (Å²) in [5.41, 5.74) is 3.96. The van der Waals surface area contributed by atoms with E-state index in [-0.39, 0.29) is 11.8 Å². The molecule has 2 fully saturated rings. The van der Waals surface area contributed by atoms with E-state index in [4.69, 9.17) is 24.5 Å². The maximum atomic E-state index is 12.7. The molecule has 0 atom stereocenters. The van der Waals surface area contributed by atoms with Crippen LogP contribution in [0.1, 0.15) is 18.9 Å². The maximum Gasteiger partial charge on any atom is 0.387 e. The molecule has 0 bridgehead atoms. The van der Waals surface area contributed by atoms with Crippen LogP contribution in [0.25, 0.3) is 28.2 Å². The molecular formula is C25H26F2N6O3. The quantitative estimate of drug-likeness (QED) is 0.398. The van der Waals surface area contributed by atoms with Gasteiger partial charge in [-0.2, -0.15) is 13.9 Å². The number of halogens is 2. The second kappa shape index (κ2) is 9.82. The molecule has 1 aromatic carbocycles. The molecule has 4 aromatic rings. The molecular weight excluding hydrogens is 470 g/mol. The molecule has 5 heterocycles. The normalized spacial score (nSPS) is 17.2. The molecule has 0 saturated carbocycles. The molecule has 0 radical (unpaired) electrons. The van der Waals surface area contributed by atoms with Gasteiger partial charge in [-0.15, -0.1) is 0 Å². The average Bonchev–Trinajstić information content (AvgIpc) is 3.57. The van der Waals surface area contributed by atoms with Crippen molar-refractivity contribution in [3.8, 4) is 22.8 Å². The Labute approximate surface area is 206 Å². The number of rotatable bonds is 6. The molecule has 0 unspecified atom stereocenters. The Hall–Kier alpha value is -3.57. The lowest BCUT2D eigenvalue weighted by Gasteiger charge is -2.29. The molecule has 9 nitrogen and oxygen atoms in total. The number of fused-ring (bicyclic) bond motifs is 1. The number of ether oxygens (including phenoxy) is 3. The van der Waals surface area contributed by atoms with E-state index in [1.165, 1.54) is 6.07 Å². The molecule has 36 heavy (non-hydrogen) atoms. The number of hydrogen-bond donors (Lipinski definition) is 0. The van der Waals surface area contributed by atoms with Gasteiger partial charge in [-0.3, -0.25) is 0 Å². The molecule has 3 aromatic heterocycles. The van der Waals surface area contributed by atoms with E-state index in [0.717, 1.165) is 56.0 Å². The zero-order valence-electron chi connectivity index (χ0n) is 19.6. The Kier molecular flexibility index (Phi) is 6.24. The monoisotopic (exact) mass is 496 g/mol. The SMILES string of the molecule is FC(F)Oc1cccc(-c2ccn(-c3cc(N4CCOCC4)c4ncn(C5CCOCC5)c4n3)n2)c1. The van der Waals surface area contributed by atoms with E-state index < -0.39 is 6.61 Å². The van der Waals surface area contributed by atoms with Crippen LogP contribution in [-0.2, 0) is 9.47 Å². The molecule has 11 heteroatoms. The Bertz CT molecular complexity index is 1340. The first-order valence-corrected chi connectivity index (χ1v) is 12.0. The van der Waals surface area contributed by atoms with E-state index in [2.05, 4.69) is 14.2 Å². The fraction of sp³-hybridized carbons (Fsp3) is 0.400. The molecule has 2 saturated heterocycles. The molecule has 0 amide bonds. The fourth-order valence-electron chi connectivity index (χ4n) is 4.81. The summed E-state index contributed by atoms with van der Waals surface area (Å²) in [5, 5.41) is 4.71. The van der Waals surface area contributed by atoms with Gasteiger partial charge in [-0.1, -0.05) is 12.1 Å². The standard InChI is InChI=1S/C25H26F2N6O3/c26-25(27)36-19-3-1-2-17(14-19)20-4-7-33(30-20)22-15-21(31-8-12-35-13-9-31)23-24(29-22)32(16-28-23)18-5-10-34-11-6-18/h1-4,7,14-16,18,25H,5-6,8-13H2. The van der Waals surface area contributed by atoms with E-state index in [1.807, 2.05) is 24.7 Å². The lowest BCUT2D eigenvalue weighted by Crippen LogP contribution is -2.36. The van der Waals surface area contributed by atoms with Crippen molar-refractivity contribution in [3.63, 3.8) is 0 Å². The van der Waals surface area contributed by atoms with Crippen molar-refractivity contribution in [2.75, 3.05) is 44.4 Å². The van der Waals surface area contributed by atoms with Crippen molar-refractivity contribution < 1.29 is 23.0 Å². The summed E-state index contributed by atoms with van der Waals surface area (Å²) >= 11 is 0. The number of aromatic nitrogens is 5. The smallest absolute Gasteiger partial charge is 0.387 e. The van der Waals surface area contributed by atoms with E-state index in [1.54, 1.807) is 22.9 Å². The lowest BCUT2D eigenvalue weighted by molar-refractivity contribution is -0.0498. The van der Waals surface area contributed by atoms with Crippen LogP contribution >= 0.6 is 0 Å². The number of benzene rings is 1. The summed E-state index contributed by atoms with van der Waals surface area (Å²) in [6.07, 6.45) is 5.52. The van der Waals surface area contributed by atoms with Crippen LogP contribution in [0.2, 0.25) is 0 Å². The highest BCUT2D eigenvalue weighted by molar-refractivity contribution is 5.88. The summed E-state index contributed by atoms with van der Waals surface area (Å²) in [6, 6.07) is 10.6. The molecule has 0 N–H and O–H groups in total. The van der Waals surface area contributed by atoms with Crippen molar-refractivity contribution in [2.24, 2.45) is 0 Å². The highest BCUT2D eigenvalue weighted by Crippen LogP contribution is 2.32. The summed E-state index contributed by atoms with van der Waals surface area (Å²) in [7, 11) is 0. The third-order valence-electron chi connectivity index (χ3n) is 6.61. The molecule has 6 rings (SSSR count). The summed E-state index contributed by atoms with van der Waals surface area (Å²) in [4.78, 5) is 12.0. The summed E-state index contributed by atoms with van der Waals surface area (Å²) in [6.45, 7) is 1.40. The number of pyridine rings is 1. The molecule has 0 spiro atoms. The Balaban J connectivity index is 1.41. The Morgan fingerprint density at radius 2 is 1.81 bits per heavy atom. The number of imidazole rings is 1. The summed E-state index contributed by atoms with van der Waals surface area (Å²) < 4.78 is 44.9. The second-order valence-corrected chi connectivity index (χ2v) is 8.82. The number of alkyl halides is 2. The van der Waals surface area contributed by atoms with Gasteiger partial charge in [-0.25, -0.2) is 14.6 Å². The van der Waals surface area contributed by atoms with Gasteiger partial charge >= 0.3 is 6.61 Å². The van der Waals surface area contributed by atoms with Gasteiger partial charge in [0.2, 0.25) is 0 Å². The van der Waals surface area contributed by atoms with Gasteiger partial charge in [0, 0.05) is 50.2 Å². The van der Waals surface area contributed by atoms with Crippen molar-refractivity contribution >= 4 is 16.9 Å². The summed E-state index contributed by atoms with van der Waals surface area (Å²) in [5.74, 6) is 0.746. The Morgan fingerprint density at radius 3 is 2.61 bits per heavy atom. The van der Waals surface area contributed by atoms with Crippen molar-refractivity contribution in [3.05, 3.63) is 48.9 Å². The van der Waals surface area contributed by atoms with Gasteiger partial charge in [0.1, 0.15) is 11.3 Å². The van der Waals surface area contributed by atoms with Crippen LogP contribution in [0.3, 0.4) is 0 Å². The topological polar surface area (TPSA) is 79.5 Å². The first-order chi connectivity index (χ1) is 17.7. The molecule has 0 aliphatic carbocycles. The first kappa shape index (κ1) is 22.9. The fourth-order valence-corrected chi connectivity index (χ4v) is 4.81.